The van der Waals surface area contributed by atoms with E-state index >= 15 is 0 Å². The molecule has 0 aromatic carbocycles. The minimum absolute atomic E-state index is 0.262. The fourth-order valence-corrected chi connectivity index (χ4v) is 3.03. The molecule has 0 radical (unpaired) electrons. The molecule has 2 heterocycles. The summed E-state index contributed by atoms with van der Waals surface area (Å²) in [6, 6.07) is 1.61. The van der Waals surface area contributed by atoms with Gasteiger partial charge in [-0.05, 0) is 32.3 Å². The Hall–Kier alpha value is -1.62. The Morgan fingerprint density at radius 2 is 2.25 bits per heavy atom. The van der Waals surface area contributed by atoms with Gasteiger partial charge in [0.2, 0.25) is 0 Å². The highest BCUT2D eigenvalue weighted by molar-refractivity contribution is 6.33. The summed E-state index contributed by atoms with van der Waals surface area (Å²) in [5.74, 6) is -1.31. The number of aromatic nitrogens is 1. The summed E-state index contributed by atoms with van der Waals surface area (Å²) in [7, 11) is 0. The van der Waals surface area contributed by atoms with E-state index in [0.717, 1.165) is 0 Å². The number of hydrogen-bond acceptors (Lipinski definition) is 3. The van der Waals surface area contributed by atoms with Crippen molar-refractivity contribution < 1.29 is 14.7 Å². The number of rotatable bonds is 3. The third-order valence-electron chi connectivity index (χ3n) is 3.94. The molecule has 2 rings (SSSR count). The zero-order valence-corrected chi connectivity index (χ0v) is 12.3. The molecule has 6 heteroatoms. The summed E-state index contributed by atoms with van der Waals surface area (Å²) in [6.45, 7) is 4.00. The van der Waals surface area contributed by atoms with Crippen LogP contribution >= 0.6 is 11.6 Å². The van der Waals surface area contributed by atoms with Gasteiger partial charge in [-0.3, -0.25) is 9.78 Å². The standard InChI is InChI=1S/C14H17ClN2O3/c1-3-14(13(19)20)5-4-6-17(14)12(18)10-8-16-9(2)7-11(10)15/h7-8H,3-6H2,1-2H3,(H,19,20). The van der Waals surface area contributed by atoms with Crippen molar-refractivity contribution in [3.63, 3.8) is 0 Å². The van der Waals surface area contributed by atoms with E-state index in [0.29, 0.717) is 36.5 Å². The number of carboxylic acid groups (broad SMARTS) is 1. The van der Waals surface area contributed by atoms with E-state index < -0.39 is 11.5 Å². The number of halogens is 1. The molecule has 1 aliphatic heterocycles. The van der Waals surface area contributed by atoms with Crippen molar-refractivity contribution in [2.75, 3.05) is 6.54 Å². The van der Waals surface area contributed by atoms with Crippen LogP contribution in [0.4, 0.5) is 0 Å². The van der Waals surface area contributed by atoms with Gasteiger partial charge in [-0.2, -0.15) is 0 Å². The number of nitrogens with zero attached hydrogens (tertiary/aromatic N) is 2. The fraction of sp³-hybridized carbons (Fsp3) is 0.500. The van der Waals surface area contributed by atoms with E-state index in [-0.39, 0.29) is 11.5 Å². The van der Waals surface area contributed by atoms with Crippen molar-refractivity contribution in [2.45, 2.75) is 38.6 Å². The Labute approximate surface area is 122 Å². The molecule has 1 unspecified atom stereocenters. The molecule has 108 valence electrons. The number of amides is 1. The summed E-state index contributed by atoms with van der Waals surface area (Å²) in [4.78, 5) is 29.7. The molecule has 0 aliphatic carbocycles. The number of aliphatic carboxylic acids is 1. The molecule has 1 aromatic heterocycles. The maximum absolute atomic E-state index is 12.6. The van der Waals surface area contributed by atoms with Gasteiger partial charge in [0, 0.05) is 18.4 Å². The molecule has 0 saturated carbocycles. The van der Waals surface area contributed by atoms with Crippen LogP contribution in [0.3, 0.4) is 0 Å². The molecule has 20 heavy (non-hydrogen) atoms. The van der Waals surface area contributed by atoms with Crippen LogP contribution in [0.2, 0.25) is 5.02 Å². The molecular weight excluding hydrogens is 280 g/mol. The Kier molecular flexibility index (Phi) is 3.99. The van der Waals surface area contributed by atoms with Crippen molar-refractivity contribution in [2.24, 2.45) is 0 Å². The number of carbonyl (C=O) groups is 2. The highest BCUT2D eigenvalue weighted by Gasteiger charge is 2.48. The minimum Gasteiger partial charge on any atom is -0.479 e. The zero-order valence-electron chi connectivity index (χ0n) is 11.5. The molecule has 1 aromatic rings. The van der Waals surface area contributed by atoms with Crippen molar-refractivity contribution >= 4 is 23.5 Å². The average molecular weight is 297 g/mol. The minimum atomic E-state index is -1.12. The lowest BCUT2D eigenvalue weighted by atomic mass is 9.92. The number of hydrogen-bond donors (Lipinski definition) is 1. The van der Waals surface area contributed by atoms with Crippen molar-refractivity contribution in [1.82, 2.24) is 9.88 Å². The molecule has 1 aliphatic rings. The van der Waals surface area contributed by atoms with Gasteiger partial charge in [0.15, 0.2) is 0 Å². The van der Waals surface area contributed by atoms with E-state index in [9.17, 15) is 14.7 Å². The first-order valence-electron chi connectivity index (χ1n) is 6.60. The first-order valence-corrected chi connectivity index (χ1v) is 6.97. The highest BCUT2D eigenvalue weighted by atomic mass is 35.5. The predicted molar refractivity (Wildman–Crippen MR) is 74.9 cm³/mol. The quantitative estimate of drug-likeness (QED) is 0.930. The second-order valence-corrected chi connectivity index (χ2v) is 5.46. The third kappa shape index (κ3) is 2.26. The topological polar surface area (TPSA) is 70.5 Å². The first-order chi connectivity index (χ1) is 9.42. The van der Waals surface area contributed by atoms with Gasteiger partial charge in [0.1, 0.15) is 5.54 Å². The normalized spacial score (nSPS) is 22.1. The van der Waals surface area contributed by atoms with Gasteiger partial charge >= 0.3 is 5.97 Å². The Morgan fingerprint density at radius 1 is 1.55 bits per heavy atom. The van der Waals surface area contributed by atoms with Crippen LogP contribution in [0, 0.1) is 6.92 Å². The van der Waals surface area contributed by atoms with Crippen LogP contribution in [0.1, 0.15) is 42.2 Å². The molecule has 5 nitrogen and oxygen atoms in total. The van der Waals surface area contributed by atoms with Crippen LogP contribution < -0.4 is 0 Å². The summed E-state index contributed by atoms with van der Waals surface area (Å²) in [6.07, 6.45) is 2.95. The first kappa shape index (κ1) is 14.8. The molecule has 0 spiro atoms. The summed E-state index contributed by atoms with van der Waals surface area (Å²) in [5, 5.41) is 9.81. The monoisotopic (exact) mass is 296 g/mol. The van der Waals surface area contributed by atoms with Crippen molar-refractivity contribution in [3.8, 4) is 0 Å². The molecule has 1 amide bonds. The average Bonchev–Trinajstić information content (AvgIpc) is 2.83. The lowest BCUT2D eigenvalue weighted by molar-refractivity contribution is -0.148. The smallest absolute Gasteiger partial charge is 0.329 e. The lowest BCUT2D eigenvalue weighted by Crippen LogP contribution is -2.52. The maximum Gasteiger partial charge on any atom is 0.329 e. The van der Waals surface area contributed by atoms with E-state index in [1.165, 1.54) is 11.1 Å². The molecule has 0 bridgehead atoms. The van der Waals surface area contributed by atoms with Crippen molar-refractivity contribution in [1.29, 1.82) is 0 Å². The highest BCUT2D eigenvalue weighted by Crippen LogP contribution is 2.35. The van der Waals surface area contributed by atoms with Gasteiger partial charge < -0.3 is 10.0 Å². The summed E-state index contributed by atoms with van der Waals surface area (Å²) < 4.78 is 0. The van der Waals surface area contributed by atoms with Gasteiger partial charge in [-0.25, -0.2) is 4.79 Å². The van der Waals surface area contributed by atoms with Crippen LogP contribution in [0.5, 0.6) is 0 Å². The van der Waals surface area contributed by atoms with Gasteiger partial charge in [0.25, 0.3) is 5.91 Å². The Morgan fingerprint density at radius 3 is 2.80 bits per heavy atom. The number of pyridine rings is 1. The SMILES string of the molecule is CCC1(C(=O)O)CCCN1C(=O)c1cnc(C)cc1Cl. The number of aryl methyl sites for hydroxylation is 1. The Bertz CT molecular complexity index is 561. The van der Waals surface area contributed by atoms with E-state index in [1.807, 2.05) is 0 Å². The Balaban J connectivity index is 2.39. The van der Waals surface area contributed by atoms with Gasteiger partial charge in [-0.15, -0.1) is 0 Å². The van der Waals surface area contributed by atoms with Crippen LogP contribution in [0.25, 0.3) is 0 Å². The molecule has 1 N–H and O–H groups in total. The zero-order chi connectivity index (χ0) is 14.9. The maximum atomic E-state index is 12.6. The number of likely N-dealkylation sites (tertiary alicyclic amines) is 1. The third-order valence-corrected chi connectivity index (χ3v) is 4.25. The summed E-state index contributed by atoms with van der Waals surface area (Å²) >= 11 is 6.08. The van der Waals surface area contributed by atoms with Crippen LogP contribution in [-0.4, -0.2) is 39.0 Å². The second-order valence-electron chi connectivity index (χ2n) is 5.06. The van der Waals surface area contributed by atoms with Gasteiger partial charge in [-0.1, -0.05) is 18.5 Å². The van der Waals surface area contributed by atoms with E-state index in [2.05, 4.69) is 4.98 Å². The van der Waals surface area contributed by atoms with Crippen LogP contribution in [-0.2, 0) is 4.79 Å². The molecule has 1 fully saturated rings. The molecular formula is C14H17ClN2O3. The predicted octanol–water partition coefficient (Wildman–Crippen LogP) is 2.51. The largest absolute Gasteiger partial charge is 0.479 e. The van der Waals surface area contributed by atoms with Gasteiger partial charge in [0.05, 0.1) is 10.6 Å². The molecule has 1 saturated heterocycles. The summed E-state index contributed by atoms with van der Waals surface area (Å²) in [5.41, 5.74) is -0.142. The van der Waals surface area contributed by atoms with E-state index in [4.69, 9.17) is 11.6 Å². The number of carbonyl (C=O) groups excluding carboxylic acids is 1. The second kappa shape index (κ2) is 5.40. The lowest BCUT2D eigenvalue weighted by Gasteiger charge is -2.34. The molecule has 1 atom stereocenters. The van der Waals surface area contributed by atoms with E-state index in [1.54, 1.807) is 19.9 Å². The fourth-order valence-electron chi connectivity index (χ4n) is 2.74. The van der Waals surface area contributed by atoms with Crippen molar-refractivity contribution in [3.05, 3.63) is 28.5 Å². The number of carboxylic acids is 1. The van der Waals surface area contributed by atoms with Crippen LogP contribution in [0.15, 0.2) is 12.3 Å².